The predicted molar refractivity (Wildman–Crippen MR) is 57.2 cm³/mol. The van der Waals surface area contributed by atoms with Gasteiger partial charge < -0.3 is 10.8 Å². The maximum Gasteiger partial charge on any atom is 0.187 e. The van der Waals surface area contributed by atoms with E-state index in [9.17, 15) is 5.11 Å². The summed E-state index contributed by atoms with van der Waals surface area (Å²) in [5.41, 5.74) is 5.47. The van der Waals surface area contributed by atoms with Gasteiger partial charge in [0, 0.05) is 24.2 Å². The maximum atomic E-state index is 9.65. The van der Waals surface area contributed by atoms with Crippen LogP contribution >= 0.6 is 11.8 Å². The molecule has 1 atom stereocenters. The third-order valence-electron chi connectivity index (χ3n) is 1.72. The van der Waals surface area contributed by atoms with Crippen LogP contribution in [-0.2, 0) is 0 Å². The van der Waals surface area contributed by atoms with Crippen LogP contribution in [0.25, 0.3) is 0 Å². The highest BCUT2D eigenvalue weighted by molar-refractivity contribution is 7.99. The highest BCUT2D eigenvalue weighted by atomic mass is 32.2. The van der Waals surface area contributed by atoms with Crippen molar-refractivity contribution in [3.8, 4) is 0 Å². The average Bonchev–Trinajstić information content (AvgIpc) is 2.15. The van der Waals surface area contributed by atoms with E-state index in [2.05, 4.69) is 9.97 Å². The molecule has 0 aliphatic carbocycles. The van der Waals surface area contributed by atoms with E-state index in [1.807, 2.05) is 13.0 Å². The molecule has 0 bridgehead atoms. The lowest BCUT2D eigenvalue weighted by molar-refractivity contribution is 0.0949. The van der Waals surface area contributed by atoms with Crippen molar-refractivity contribution >= 4 is 11.8 Å². The maximum absolute atomic E-state index is 9.65. The zero-order chi connectivity index (χ0) is 10.6. The van der Waals surface area contributed by atoms with Crippen LogP contribution in [0.4, 0.5) is 0 Å². The molecule has 1 aromatic heterocycles. The summed E-state index contributed by atoms with van der Waals surface area (Å²) in [5, 5.41) is 10.3. The molecule has 1 rings (SSSR count). The van der Waals surface area contributed by atoms with Gasteiger partial charge in [0.1, 0.15) is 0 Å². The highest BCUT2D eigenvalue weighted by Crippen LogP contribution is 2.18. The Hall–Kier alpha value is -0.650. The summed E-state index contributed by atoms with van der Waals surface area (Å²) in [6.07, 6.45) is 1.71. The Morgan fingerprint density at radius 1 is 1.64 bits per heavy atom. The lowest BCUT2D eigenvalue weighted by Gasteiger charge is -2.19. The predicted octanol–water partition coefficient (Wildman–Crippen LogP) is 0.587. The molecule has 1 aromatic rings. The van der Waals surface area contributed by atoms with Crippen molar-refractivity contribution in [2.45, 2.75) is 24.6 Å². The topological polar surface area (TPSA) is 72.0 Å². The molecule has 0 aliphatic heterocycles. The first-order valence-corrected chi connectivity index (χ1v) is 5.37. The van der Waals surface area contributed by atoms with Gasteiger partial charge in [-0.3, -0.25) is 0 Å². The normalized spacial score (nSPS) is 15.1. The Balaban J connectivity index is 2.54. The number of hydrogen-bond acceptors (Lipinski definition) is 5. The fourth-order valence-corrected chi connectivity index (χ4v) is 1.68. The highest BCUT2D eigenvalue weighted by Gasteiger charge is 2.18. The fourth-order valence-electron chi connectivity index (χ4n) is 0.774. The van der Waals surface area contributed by atoms with Crippen molar-refractivity contribution < 1.29 is 5.11 Å². The summed E-state index contributed by atoms with van der Waals surface area (Å²) in [7, 11) is 0. The zero-order valence-corrected chi connectivity index (χ0v) is 9.21. The molecule has 3 N–H and O–H groups in total. The zero-order valence-electron chi connectivity index (χ0n) is 8.40. The molecule has 0 radical (unpaired) electrons. The monoisotopic (exact) mass is 213 g/mol. The van der Waals surface area contributed by atoms with E-state index in [-0.39, 0.29) is 6.54 Å². The Morgan fingerprint density at radius 2 is 2.36 bits per heavy atom. The van der Waals surface area contributed by atoms with Gasteiger partial charge in [0.15, 0.2) is 5.16 Å². The third kappa shape index (κ3) is 3.61. The number of nitrogens with two attached hydrogens (primary N) is 1. The number of aromatic nitrogens is 2. The molecule has 0 aromatic carbocycles. The molecule has 0 saturated heterocycles. The van der Waals surface area contributed by atoms with Crippen molar-refractivity contribution in [3.63, 3.8) is 0 Å². The summed E-state index contributed by atoms with van der Waals surface area (Å²) < 4.78 is 0. The van der Waals surface area contributed by atoms with Crippen molar-refractivity contribution in [3.05, 3.63) is 18.0 Å². The van der Waals surface area contributed by atoms with Gasteiger partial charge >= 0.3 is 0 Å². The standard InChI is InChI=1S/C9H15N3OS/c1-7-3-4-11-8(12-7)14-6-9(2,13)5-10/h3-4,13H,5-6,10H2,1-2H3. The largest absolute Gasteiger partial charge is 0.388 e. The van der Waals surface area contributed by atoms with Gasteiger partial charge in [0.25, 0.3) is 0 Å². The fraction of sp³-hybridized carbons (Fsp3) is 0.556. The van der Waals surface area contributed by atoms with Gasteiger partial charge in [0.2, 0.25) is 0 Å². The van der Waals surface area contributed by atoms with Gasteiger partial charge in [-0.2, -0.15) is 0 Å². The molecule has 4 nitrogen and oxygen atoms in total. The van der Waals surface area contributed by atoms with Crippen LogP contribution in [0.15, 0.2) is 17.4 Å². The van der Waals surface area contributed by atoms with E-state index >= 15 is 0 Å². The van der Waals surface area contributed by atoms with Crippen molar-refractivity contribution in [1.82, 2.24) is 9.97 Å². The molecule has 14 heavy (non-hydrogen) atoms. The van der Waals surface area contributed by atoms with Crippen molar-refractivity contribution in [2.24, 2.45) is 5.73 Å². The van der Waals surface area contributed by atoms with Gasteiger partial charge in [-0.1, -0.05) is 11.8 Å². The van der Waals surface area contributed by atoms with Gasteiger partial charge in [0.05, 0.1) is 5.60 Å². The van der Waals surface area contributed by atoms with Crippen molar-refractivity contribution in [1.29, 1.82) is 0 Å². The van der Waals surface area contributed by atoms with E-state index in [0.29, 0.717) is 10.9 Å². The molecule has 1 heterocycles. The molecule has 0 amide bonds. The second kappa shape index (κ2) is 4.72. The Labute approximate surface area is 88.0 Å². The number of thioether (sulfide) groups is 1. The number of aryl methyl sites for hydroxylation is 1. The minimum absolute atomic E-state index is 0.242. The molecular weight excluding hydrogens is 198 g/mol. The van der Waals surface area contributed by atoms with Gasteiger partial charge in [-0.05, 0) is 19.9 Å². The lowest BCUT2D eigenvalue weighted by Crippen LogP contribution is -2.36. The SMILES string of the molecule is Cc1ccnc(SCC(C)(O)CN)n1. The van der Waals surface area contributed by atoms with Crippen molar-refractivity contribution in [2.75, 3.05) is 12.3 Å². The number of hydrogen-bond donors (Lipinski definition) is 2. The minimum atomic E-state index is -0.849. The Morgan fingerprint density at radius 3 is 2.93 bits per heavy atom. The van der Waals surface area contributed by atoms with Gasteiger partial charge in [-0.15, -0.1) is 0 Å². The second-order valence-electron chi connectivity index (χ2n) is 3.47. The number of rotatable bonds is 4. The van der Waals surface area contributed by atoms with E-state index in [1.165, 1.54) is 11.8 Å². The summed E-state index contributed by atoms with van der Waals surface area (Å²) in [5.74, 6) is 0.507. The van der Waals surface area contributed by atoms with Crippen LogP contribution in [0.3, 0.4) is 0 Å². The summed E-state index contributed by atoms with van der Waals surface area (Å²) in [4.78, 5) is 8.29. The lowest BCUT2D eigenvalue weighted by atomic mass is 10.1. The van der Waals surface area contributed by atoms with Crippen LogP contribution < -0.4 is 5.73 Å². The van der Waals surface area contributed by atoms with E-state index in [0.717, 1.165) is 5.69 Å². The average molecular weight is 213 g/mol. The smallest absolute Gasteiger partial charge is 0.187 e. The molecule has 0 aliphatic rings. The Kier molecular flexibility index (Phi) is 3.86. The number of nitrogens with zero attached hydrogens (tertiary/aromatic N) is 2. The molecular formula is C9H15N3OS. The van der Waals surface area contributed by atoms with Crippen LogP contribution in [-0.4, -0.2) is 33.0 Å². The summed E-state index contributed by atoms with van der Waals surface area (Å²) >= 11 is 1.41. The second-order valence-corrected chi connectivity index (χ2v) is 4.41. The van der Waals surface area contributed by atoms with Crippen LogP contribution in [0, 0.1) is 6.92 Å². The molecule has 1 unspecified atom stereocenters. The first kappa shape index (κ1) is 11.4. The van der Waals surface area contributed by atoms with E-state index in [1.54, 1.807) is 13.1 Å². The molecule has 0 saturated carbocycles. The van der Waals surface area contributed by atoms with Crippen LogP contribution in [0.2, 0.25) is 0 Å². The molecule has 78 valence electrons. The summed E-state index contributed by atoms with van der Waals surface area (Å²) in [6.45, 7) is 3.86. The minimum Gasteiger partial charge on any atom is -0.388 e. The first-order chi connectivity index (χ1) is 6.53. The molecule has 0 spiro atoms. The van der Waals surface area contributed by atoms with Gasteiger partial charge in [-0.25, -0.2) is 9.97 Å². The van der Waals surface area contributed by atoms with Crippen LogP contribution in [0.5, 0.6) is 0 Å². The molecule has 0 fully saturated rings. The summed E-state index contributed by atoms with van der Waals surface area (Å²) in [6, 6.07) is 1.84. The van der Waals surface area contributed by atoms with E-state index < -0.39 is 5.60 Å². The quantitative estimate of drug-likeness (QED) is 0.565. The third-order valence-corrected chi connectivity index (χ3v) is 2.95. The first-order valence-electron chi connectivity index (χ1n) is 4.38. The van der Waals surface area contributed by atoms with E-state index in [4.69, 9.17) is 5.73 Å². The van der Waals surface area contributed by atoms with Crippen LogP contribution in [0.1, 0.15) is 12.6 Å². The molecule has 5 heteroatoms. The Bertz CT molecular complexity index is 304. The number of aliphatic hydroxyl groups is 1.